The molecule has 0 aromatic rings. The summed E-state index contributed by atoms with van der Waals surface area (Å²) in [5.74, 6) is 1.35. The van der Waals surface area contributed by atoms with Crippen molar-refractivity contribution in [3.63, 3.8) is 0 Å². The average Bonchev–Trinajstić information content (AvgIpc) is 2.14. The average molecular weight is 221 g/mol. The molecule has 0 rings (SSSR count). The summed E-state index contributed by atoms with van der Waals surface area (Å²) >= 11 is 0. The van der Waals surface area contributed by atoms with E-state index in [1.165, 1.54) is 0 Å². The summed E-state index contributed by atoms with van der Waals surface area (Å²) in [6.07, 6.45) is 3.07. The molecule has 0 aromatic carbocycles. The lowest BCUT2D eigenvalue weighted by atomic mass is 10.3. The molecule has 0 bridgehead atoms. The summed E-state index contributed by atoms with van der Waals surface area (Å²) in [4.78, 5) is 0. The van der Waals surface area contributed by atoms with Gasteiger partial charge in [-0.1, -0.05) is 13.3 Å². The molecule has 0 saturated heterocycles. The molecule has 0 aliphatic carbocycles. The molecule has 0 radical (unpaired) electrons. The van der Waals surface area contributed by atoms with Crippen LogP contribution in [0.5, 0.6) is 0 Å². The maximum atomic E-state index is 11.4. The van der Waals surface area contributed by atoms with Gasteiger partial charge in [0.05, 0.1) is 6.61 Å². The Balaban J connectivity index is 3.18. The smallest absolute Gasteiger partial charge is 0.0581 e. The van der Waals surface area contributed by atoms with Crippen LogP contribution < -0.4 is 5.73 Å². The van der Waals surface area contributed by atoms with Crippen molar-refractivity contribution in [2.24, 2.45) is 5.73 Å². The van der Waals surface area contributed by atoms with Gasteiger partial charge in [-0.25, -0.2) is 0 Å². The summed E-state index contributed by atoms with van der Waals surface area (Å²) in [5, 5.41) is 0. The second-order valence-electron chi connectivity index (χ2n) is 3.58. The standard InChI is InChI=1S/C10H23NO2S/c1-3-4-6-13-7-9-14(12)8-5-10(2)11/h10H,3-9,11H2,1-2H3. The number of hydrogen-bond donors (Lipinski definition) is 1. The zero-order chi connectivity index (χ0) is 10.8. The van der Waals surface area contributed by atoms with Gasteiger partial charge in [-0.2, -0.15) is 0 Å². The van der Waals surface area contributed by atoms with Crippen molar-refractivity contribution in [1.82, 2.24) is 0 Å². The predicted octanol–water partition coefficient (Wildman–Crippen LogP) is 1.29. The van der Waals surface area contributed by atoms with Crippen LogP contribution in [0.2, 0.25) is 0 Å². The largest absolute Gasteiger partial charge is 0.380 e. The first-order valence-electron chi connectivity index (χ1n) is 5.35. The third kappa shape index (κ3) is 10.2. The molecule has 3 nitrogen and oxygen atoms in total. The van der Waals surface area contributed by atoms with Crippen LogP contribution >= 0.6 is 0 Å². The summed E-state index contributed by atoms with van der Waals surface area (Å²) < 4.78 is 16.7. The highest BCUT2D eigenvalue weighted by Crippen LogP contribution is 1.93. The van der Waals surface area contributed by atoms with E-state index in [9.17, 15) is 4.21 Å². The fraction of sp³-hybridized carbons (Fsp3) is 1.00. The van der Waals surface area contributed by atoms with Gasteiger partial charge in [0.25, 0.3) is 0 Å². The molecule has 2 unspecified atom stereocenters. The quantitative estimate of drug-likeness (QED) is 0.597. The van der Waals surface area contributed by atoms with Crippen molar-refractivity contribution < 1.29 is 8.95 Å². The molecule has 0 saturated carbocycles. The molecule has 4 heteroatoms. The minimum atomic E-state index is -0.751. The van der Waals surface area contributed by atoms with Gasteiger partial charge in [0.2, 0.25) is 0 Å². The van der Waals surface area contributed by atoms with Crippen LogP contribution in [-0.2, 0) is 15.5 Å². The molecular weight excluding hydrogens is 198 g/mol. The normalized spacial score (nSPS) is 15.4. The van der Waals surface area contributed by atoms with Crippen LogP contribution in [-0.4, -0.2) is 35.0 Å². The number of ether oxygens (including phenoxy) is 1. The molecule has 2 atom stereocenters. The minimum Gasteiger partial charge on any atom is -0.380 e. The van der Waals surface area contributed by atoms with Gasteiger partial charge in [0, 0.05) is 35.0 Å². The highest BCUT2D eigenvalue weighted by Gasteiger charge is 2.01. The SMILES string of the molecule is CCCCOCCS(=O)CCC(C)N. The van der Waals surface area contributed by atoms with Gasteiger partial charge in [-0.15, -0.1) is 0 Å². The number of rotatable bonds is 9. The first-order valence-corrected chi connectivity index (χ1v) is 6.84. The van der Waals surface area contributed by atoms with Gasteiger partial charge < -0.3 is 10.5 Å². The fourth-order valence-corrected chi connectivity index (χ4v) is 2.06. The number of nitrogens with two attached hydrogens (primary N) is 1. The van der Waals surface area contributed by atoms with Crippen molar-refractivity contribution in [2.75, 3.05) is 24.7 Å². The number of hydrogen-bond acceptors (Lipinski definition) is 3. The van der Waals surface area contributed by atoms with E-state index in [4.69, 9.17) is 10.5 Å². The third-order valence-electron chi connectivity index (χ3n) is 1.90. The molecule has 0 aliphatic rings. The summed E-state index contributed by atoms with van der Waals surface area (Å²) in [5.41, 5.74) is 5.57. The molecule has 2 N–H and O–H groups in total. The Bertz CT molecular complexity index is 151. The Labute approximate surface area is 89.9 Å². The molecule has 0 fully saturated rings. The second kappa shape index (κ2) is 9.62. The Morgan fingerprint density at radius 1 is 1.36 bits per heavy atom. The Morgan fingerprint density at radius 2 is 2.07 bits per heavy atom. The monoisotopic (exact) mass is 221 g/mol. The van der Waals surface area contributed by atoms with Crippen LogP contribution in [0.1, 0.15) is 33.1 Å². The van der Waals surface area contributed by atoms with Gasteiger partial charge >= 0.3 is 0 Å². The first kappa shape index (κ1) is 14.1. The van der Waals surface area contributed by atoms with Crippen LogP contribution in [0.25, 0.3) is 0 Å². The first-order chi connectivity index (χ1) is 6.66. The Hall–Kier alpha value is 0.0700. The van der Waals surface area contributed by atoms with Crippen molar-refractivity contribution in [2.45, 2.75) is 39.2 Å². The topological polar surface area (TPSA) is 52.3 Å². The van der Waals surface area contributed by atoms with E-state index in [-0.39, 0.29) is 6.04 Å². The summed E-state index contributed by atoms with van der Waals surface area (Å²) in [7, 11) is -0.751. The summed E-state index contributed by atoms with van der Waals surface area (Å²) in [6, 6.07) is 0.153. The van der Waals surface area contributed by atoms with Crippen LogP contribution in [0.15, 0.2) is 0 Å². The summed E-state index contributed by atoms with van der Waals surface area (Å²) in [6.45, 7) is 5.48. The van der Waals surface area contributed by atoms with E-state index in [0.717, 1.165) is 25.9 Å². The van der Waals surface area contributed by atoms with E-state index in [0.29, 0.717) is 18.1 Å². The molecule has 0 amide bonds. The molecule has 0 spiro atoms. The molecule has 86 valence electrons. The molecular formula is C10H23NO2S. The number of unbranched alkanes of at least 4 members (excludes halogenated alkanes) is 1. The van der Waals surface area contributed by atoms with Gasteiger partial charge in [-0.3, -0.25) is 4.21 Å². The zero-order valence-electron chi connectivity index (χ0n) is 9.33. The van der Waals surface area contributed by atoms with Gasteiger partial charge in [0.15, 0.2) is 0 Å². The van der Waals surface area contributed by atoms with Crippen molar-refractivity contribution in [3.8, 4) is 0 Å². The lowest BCUT2D eigenvalue weighted by Gasteiger charge is -2.05. The maximum Gasteiger partial charge on any atom is 0.0581 e. The van der Waals surface area contributed by atoms with E-state index < -0.39 is 10.8 Å². The third-order valence-corrected chi connectivity index (χ3v) is 3.21. The lowest BCUT2D eigenvalue weighted by molar-refractivity contribution is 0.146. The Morgan fingerprint density at radius 3 is 2.64 bits per heavy atom. The Kier molecular flexibility index (Phi) is 9.67. The highest BCUT2D eigenvalue weighted by atomic mass is 32.2. The lowest BCUT2D eigenvalue weighted by Crippen LogP contribution is -2.19. The van der Waals surface area contributed by atoms with Gasteiger partial charge in [-0.05, 0) is 19.8 Å². The van der Waals surface area contributed by atoms with E-state index >= 15 is 0 Å². The van der Waals surface area contributed by atoms with Crippen molar-refractivity contribution in [1.29, 1.82) is 0 Å². The maximum absolute atomic E-state index is 11.4. The van der Waals surface area contributed by atoms with E-state index in [1.54, 1.807) is 0 Å². The molecule has 0 heterocycles. The van der Waals surface area contributed by atoms with Crippen LogP contribution in [0, 0.1) is 0 Å². The van der Waals surface area contributed by atoms with E-state index in [2.05, 4.69) is 6.92 Å². The zero-order valence-corrected chi connectivity index (χ0v) is 10.1. The second-order valence-corrected chi connectivity index (χ2v) is 5.28. The predicted molar refractivity (Wildman–Crippen MR) is 61.9 cm³/mol. The van der Waals surface area contributed by atoms with Crippen molar-refractivity contribution >= 4 is 10.8 Å². The van der Waals surface area contributed by atoms with E-state index in [1.807, 2.05) is 6.92 Å². The van der Waals surface area contributed by atoms with Crippen LogP contribution in [0.4, 0.5) is 0 Å². The molecule has 14 heavy (non-hydrogen) atoms. The fourth-order valence-electron chi connectivity index (χ4n) is 0.920. The molecule has 0 aliphatic heterocycles. The van der Waals surface area contributed by atoms with Crippen molar-refractivity contribution in [3.05, 3.63) is 0 Å². The minimum absolute atomic E-state index is 0.153. The highest BCUT2D eigenvalue weighted by molar-refractivity contribution is 7.84. The van der Waals surface area contributed by atoms with Gasteiger partial charge in [0.1, 0.15) is 0 Å². The van der Waals surface area contributed by atoms with Crippen LogP contribution in [0.3, 0.4) is 0 Å². The molecule has 0 aromatic heterocycles.